The molecule has 0 saturated heterocycles. The molecule has 1 aromatic carbocycles. The first-order valence-corrected chi connectivity index (χ1v) is 10.6. The lowest BCUT2D eigenvalue weighted by atomic mass is 10.1. The van der Waals surface area contributed by atoms with Gasteiger partial charge in [-0.3, -0.25) is 9.39 Å². The second-order valence-electron chi connectivity index (χ2n) is 7.45. The van der Waals surface area contributed by atoms with Crippen LogP contribution in [0.2, 0.25) is 0 Å². The van der Waals surface area contributed by atoms with Gasteiger partial charge in [-0.1, -0.05) is 25.1 Å². The molecule has 1 atom stereocenters. The lowest BCUT2D eigenvalue weighted by molar-refractivity contribution is 0.215. The minimum Gasteiger partial charge on any atom is -0.490 e. The van der Waals surface area contributed by atoms with Crippen LogP contribution in [0.15, 0.2) is 47.6 Å². The van der Waals surface area contributed by atoms with Crippen molar-refractivity contribution in [1.29, 1.82) is 0 Å². The van der Waals surface area contributed by atoms with Gasteiger partial charge >= 0.3 is 0 Å². The number of ether oxygens (including phenoxy) is 1. The van der Waals surface area contributed by atoms with E-state index < -0.39 is 0 Å². The molecule has 1 unspecified atom stereocenters. The summed E-state index contributed by atoms with van der Waals surface area (Å²) < 4.78 is 8.13. The third-order valence-electron chi connectivity index (χ3n) is 5.05. The Morgan fingerprint density at radius 2 is 2.07 bits per heavy atom. The Morgan fingerprint density at radius 3 is 2.87 bits per heavy atom. The number of hydrogen-bond acceptors (Lipinski definition) is 4. The molecule has 0 bridgehead atoms. The highest BCUT2D eigenvalue weighted by Gasteiger charge is 2.09. The molecule has 3 rings (SSSR count). The molecule has 0 aliphatic rings. The zero-order chi connectivity index (χ0) is 21.3. The van der Waals surface area contributed by atoms with Crippen molar-refractivity contribution in [1.82, 2.24) is 25.2 Å². The third-order valence-corrected chi connectivity index (χ3v) is 5.05. The molecule has 0 aliphatic carbocycles. The Kier molecular flexibility index (Phi) is 7.65. The number of hydrogen-bond donors (Lipinski definition) is 2. The molecule has 0 amide bonds. The van der Waals surface area contributed by atoms with E-state index in [1.807, 2.05) is 28.8 Å². The second-order valence-corrected chi connectivity index (χ2v) is 7.45. The van der Waals surface area contributed by atoms with Crippen molar-refractivity contribution in [2.24, 2.45) is 4.99 Å². The molecule has 0 radical (unpaired) electrons. The first-order chi connectivity index (χ1) is 14.6. The predicted molar refractivity (Wildman–Crippen MR) is 121 cm³/mol. The SMILES string of the molecule is CCC(C)Oc1cc(C)ccc1CNC(=NC)NCCCc1nnc2ccccn12. The van der Waals surface area contributed by atoms with E-state index in [-0.39, 0.29) is 6.10 Å². The quantitative estimate of drug-likeness (QED) is 0.322. The lowest BCUT2D eigenvalue weighted by Gasteiger charge is -2.18. The molecule has 160 valence electrons. The van der Waals surface area contributed by atoms with Gasteiger partial charge in [-0.05, 0) is 50.5 Å². The molecule has 0 spiro atoms. The maximum Gasteiger partial charge on any atom is 0.191 e. The highest BCUT2D eigenvalue weighted by atomic mass is 16.5. The molecule has 7 nitrogen and oxygen atoms in total. The fourth-order valence-electron chi connectivity index (χ4n) is 3.13. The fourth-order valence-corrected chi connectivity index (χ4v) is 3.13. The summed E-state index contributed by atoms with van der Waals surface area (Å²) in [6, 6.07) is 12.3. The molecule has 2 N–H and O–H groups in total. The molecule has 2 heterocycles. The number of rotatable bonds is 9. The van der Waals surface area contributed by atoms with E-state index in [2.05, 4.69) is 64.8 Å². The number of guanidine groups is 1. The Balaban J connectivity index is 1.49. The molecule has 0 fully saturated rings. The van der Waals surface area contributed by atoms with E-state index >= 15 is 0 Å². The Bertz CT molecular complexity index is 981. The van der Waals surface area contributed by atoms with Crippen molar-refractivity contribution >= 4 is 11.6 Å². The van der Waals surface area contributed by atoms with Crippen LogP contribution in [0.3, 0.4) is 0 Å². The van der Waals surface area contributed by atoms with Crippen LogP contribution in [0.1, 0.15) is 43.6 Å². The van der Waals surface area contributed by atoms with Crippen LogP contribution in [-0.2, 0) is 13.0 Å². The predicted octanol–water partition coefficient (Wildman–Crippen LogP) is 3.51. The van der Waals surface area contributed by atoms with E-state index in [1.54, 1.807) is 7.05 Å². The van der Waals surface area contributed by atoms with Gasteiger partial charge in [0.05, 0.1) is 6.10 Å². The van der Waals surface area contributed by atoms with Gasteiger partial charge in [-0.2, -0.15) is 0 Å². The number of nitrogens with one attached hydrogen (secondary N) is 2. The molecule has 30 heavy (non-hydrogen) atoms. The van der Waals surface area contributed by atoms with E-state index in [4.69, 9.17) is 4.74 Å². The average Bonchev–Trinajstić information content (AvgIpc) is 3.17. The van der Waals surface area contributed by atoms with Crippen LogP contribution in [0.25, 0.3) is 5.65 Å². The molecule has 7 heteroatoms. The number of pyridine rings is 1. The highest BCUT2D eigenvalue weighted by molar-refractivity contribution is 5.79. The fraction of sp³-hybridized carbons (Fsp3) is 0.435. The average molecular weight is 409 g/mol. The van der Waals surface area contributed by atoms with Crippen LogP contribution < -0.4 is 15.4 Å². The maximum absolute atomic E-state index is 6.10. The summed E-state index contributed by atoms with van der Waals surface area (Å²) in [5.74, 6) is 2.68. The number of nitrogens with zero attached hydrogens (tertiary/aromatic N) is 4. The van der Waals surface area contributed by atoms with Crippen LogP contribution >= 0.6 is 0 Å². The summed E-state index contributed by atoms with van der Waals surface area (Å²) in [7, 11) is 1.78. The summed E-state index contributed by atoms with van der Waals surface area (Å²) >= 11 is 0. The summed E-state index contributed by atoms with van der Waals surface area (Å²) in [4.78, 5) is 4.33. The van der Waals surface area contributed by atoms with Crippen molar-refractivity contribution in [3.63, 3.8) is 0 Å². The first-order valence-electron chi connectivity index (χ1n) is 10.6. The summed E-state index contributed by atoms with van der Waals surface area (Å²) in [6.07, 6.45) is 4.95. The molecule has 3 aromatic rings. The third kappa shape index (κ3) is 5.72. The number of fused-ring (bicyclic) bond motifs is 1. The van der Waals surface area contributed by atoms with Crippen LogP contribution in [-0.4, -0.2) is 40.3 Å². The second kappa shape index (κ2) is 10.6. The number of aliphatic imine (C=N–C) groups is 1. The highest BCUT2D eigenvalue weighted by Crippen LogP contribution is 2.22. The van der Waals surface area contributed by atoms with Crippen molar-refractivity contribution in [2.75, 3.05) is 13.6 Å². The van der Waals surface area contributed by atoms with Crippen LogP contribution in [0, 0.1) is 6.92 Å². The van der Waals surface area contributed by atoms with E-state index in [0.717, 1.165) is 54.6 Å². The van der Waals surface area contributed by atoms with Gasteiger partial charge < -0.3 is 15.4 Å². The maximum atomic E-state index is 6.10. The van der Waals surface area contributed by atoms with Crippen LogP contribution in [0.5, 0.6) is 5.75 Å². The van der Waals surface area contributed by atoms with Crippen molar-refractivity contribution in [2.45, 2.75) is 52.7 Å². The van der Waals surface area contributed by atoms with Crippen molar-refractivity contribution < 1.29 is 4.74 Å². The largest absolute Gasteiger partial charge is 0.490 e. The zero-order valence-electron chi connectivity index (χ0n) is 18.4. The van der Waals surface area contributed by atoms with Gasteiger partial charge in [0, 0.05) is 38.3 Å². The van der Waals surface area contributed by atoms with Gasteiger partial charge in [-0.15, -0.1) is 10.2 Å². The molecule has 2 aromatic heterocycles. The summed E-state index contributed by atoms with van der Waals surface area (Å²) in [6.45, 7) is 7.76. The van der Waals surface area contributed by atoms with Crippen molar-refractivity contribution in [3.05, 3.63) is 59.5 Å². The number of aromatic nitrogens is 3. The van der Waals surface area contributed by atoms with Crippen molar-refractivity contribution in [3.8, 4) is 5.75 Å². The number of aryl methyl sites for hydroxylation is 2. The Labute approximate surface area is 178 Å². The first kappa shape index (κ1) is 21.6. The normalized spacial score (nSPS) is 12.7. The van der Waals surface area contributed by atoms with Gasteiger partial charge in [0.15, 0.2) is 11.6 Å². The molecule has 0 aliphatic heterocycles. The number of benzene rings is 1. The van der Waals surface area contributed by atoms with Crippen LogP contribution in [0.4, 0.5) is 0 Å². The van der Waals surface area contributed by atoms with E-state index in [0.29, 0.717) is 6.54 Å². The Morgan fingerprint density at radius 1 is 1.20 bits per heavy atom. The van der Waals surface area contributed by atoms with Gasteiger partial charge in [0.25, 0.3) is 0 Å². The zero-order valence-corrected chi connectivity index (χ0v) is 18.4. The van der Waals surface area contributed by atoms with E-state index in [1.165, 1.54) is 5.56 Å². The lowest BCUT2D eigenvalue weighted by Crippen LogP contribution is -2.37. The van der Waals surface area contributed by atoms with E-state index in [9.17, 15) is 0 Å². The van der Waals surface area contributed by atoms with Gasteiger partial charge in [0.1, 0.15) is 11.6 Å². The Hall–Kier alpha value is -3.09. The van der Waals surface area contributed by atoms with Gasteiger partial charge in [-0.25, -0.2) is 0 Å². The summed E-state index contributed by atoms with van der Waals surface area (Å²) in [5, 5.41) is 15.2. The topological polar surface area (TPSA) is 75.8 Å². The standard InChI is InChI=1S/C23H32N6O/c1-5-18(3)30-20-15-17(2)11-12-19(20)16-26-23(24-4)25-13-8-10-22-28-27-21-9-6-7-14-29(21)22/h6-7,9,11-12,14-15,18H,5,8,10,13,16H2,1-4H3,(H2,24,25,26). The molecular weight excluding hydrogens is 376 g/mol. The summed E-state index contributed by atoms with van der Waals surface area (Å²) in [5.41, 5.74) is 3.20. The minimum atomic E-state index is 0.191. The molecule has 0 saturated carbocycles. The smallest absolute Gasteiger partial charge is 0.191 e. The minimum absolute atomic E-state index is 0.191. The van der Waals surface area contributed by atoms with Gasteiger partial charge in [0.2, 0.25) is 0 Å². The molecular formula is C23H32N6O. The monoisotopic (exact) mass is 408 g/mol.